The number of nitrogens with one attached hydrogen (secondary N) is 2. The first-order valence-electron chi connectivity index (χ1n) is 10.2. The standard InChI is InChI=1S/C24H26N2O6/c1-5-31-23(28)21-18(13-32-19-9-8-16(12-27)11-20(19)30-4)25-24(29)26-22(21)17-10-14(2)6-7-15(17)3/h6-12,22H,5,13H2,1-4H3,(H2,25,26,29). The van der Waals surface area contributed by atoms with Gasteiger partial charge in [-0.05, 0) is 50.1 Å². The summed E-state index contributed by atoms with van der Waals surface area (Å²) in [6.45, 7) is 5.65. The second-order valence-corrected chi connectivity index (χ2v) is 7.32. The minimum Gasteiger partial charge on any atom is -0.493 e. The number of urea groups is 1. The van der Waals surface area contributed by atoms with Gasteiger partial charge in [-0.25, -0.2) is 9.59 Å². The second kappa shape index (κ2) is 10.00. The van der Waals surface area contributed by atoms with Crippen molar-refractivity contribution in [3.05, 3.63) is 69.9 Å². The van der Waals surface area contributed by atoms with E-state index in [2.05, 4.69) is 10.6 Å². The number of carbonyl (C=O) groups excluding carboxylic acids is 3. The molecule has 1 aliphatic heterocycles. The molecule has 1 heterocycles. The average molecular weight is 438 g/mol. The van der Waals surface area contributed by atoms with Gasteiger partial charge in [-0.15, -0.1) is 0 Å². The molecule has 0 saturated carbocycles. The highest BCUT2D eigenvalue weighted by atomic mass is 16.5. The molecule has 0 bridgehead atoms. The quantitative estimate of drug-likeness (QED) is 0.484. The molecule has 168 valence electrons. The molecule has 8 heteroatoms. The van der Waals surface area contributed by atoms with E-state index in [1.54, 1.807) is 25.1 Å². The van der Waals surface area contributed by atoms with Crippen LogP contribution in [0.4, 0.5) is 4.79 Å². The molecule has 2 N–H and O–H groups in total. The third-order valence-electron chi connectivity index (χ3n) is 5.09. The summed E-state index contributed by atoms with van der Waals surface area (Å²) in [7, 11) is 1.46. The van der Waals surface area contributed by atoms with Crippen molar-refractivity contribution >= 4 is 18.3 Å². The molecular weight excluding hydrogens is 412 g/mol. The Balaban J connectivity index is 2.02. The molecule has 0 fully saturated rings. The monoisotopic (exact) mass is 438 g/mol. The van der Waals surface area contributed by atoms with Crippen LogP contribution in [0.1, 0.15) is 40.0 Å². The molecule has 2 amide bonds. The zero-order valence-corrected chi connectivity index (χ0v) is 18.5. The molecule has 0 spiro atoms. The number of rotatable bonds is 8. The van der Waals surface area contributed by atoms with Crippen molar-refractivity contribution in [3.63, 3.8) is 0 Å². The Morgan fingerprint density at radius 3 is 2.59 bits per heavy atom. The third kappa shape index (κ3) is 4.91. The van der Waals surface area contributed by atoms with Crippen LogP contribution in [0, 0.1) is 13.8 Å². The maximum absolute atomic E-state index is 12.9. The van der Waals surface area contributed by atoms with Crippen molar-refractivity contribution in [2.24, 2.45) is 0 Å². The Kier molecular flexibility index (Phi) is 7.14. The number of aryl methyl sites for hydroxylation is 2. The first kappa shape index (κ1) is 22.9. The highest BCUT2D eigenvalue weighted by Crippen LogP contribution is 2.32. The summed E-state index contributed by atoms with van der Waals surface area (Å²) >= 11 is 0. The lowest BCUT2D eigenvalue weighted by Crippen LogP contribution is -2.47. The molecule has 1 unspecified atom stereocenters. The van der Waals surface area contributed by atoms with E-state index >= 15 is 0 Å². The van der Waals surface area contributed by atoms with Crippen LogP contribution >= 0.6 is 0 Å². The highest BCUT2D eigenvalue weighted by molar-refractivity contribution is 5.95. The predicted molar refractivity (Wildman–Crippen MR) is 118 cm³/mol. The van der Waals surface area contributed by atoms with Gasteiger partial charge in [0.1, 0.15) is 12.9 Å². The summed E-state index contributed by atoms with van der Waals surface area (Å²) in [5.74, 6) is 0.178. The Labute approximate surface area is 186 Å². The van der Waals surface area contributed by atoms with Crippen molar-refractivity contribution in [3.8, 4) is 11.5 Å². The zero-order valence-electron chi connectivity index (χ0n) is 18.5. The molecule has 0 saturated heterocycles. The van der Waals surface area contributed by atoms with Crippen LogP contribution < -0.4 is 20.1 Å². The Morgan fingerprint density at radius 2 is 1.91 bits per heavy atom. The summed E-state index contributed by atoms with van der Waals surface area (Å²) in [5, 5.41) is 5.50. The molecule has 32 heavy (non-hydrogen) atoms. The molecule has 3 rings (SSSR count). The van der Waals surface area contributed by atoms with Crippen LogP contribution in [0.3, 0.4) is 0 Å². The zero-order chi connectivity index (χ0) is 23.3. The molecule has 0 aliphatic carbocycles. The fraction of sp³-hybridized carbons (Fsp3) is 0.292. The van der Waals surface area contributed by atoms with Gasteiger partial charge in [0.25, 0.3) is 0 Å². The number of hydrogen-bond acceptors (Lipinski definition) is 6. The summed E-state index contributed by atoms with van der Waals surface area (Å²) in [4.78, 5) is 36.4. The van der Waals surface area contributed by atoms with Crippen molar-refractivity contribution in [2.75, 3.05) is 20.3 Å². The molecule has 1 atom stereocenters. The van der Waals surface area contributed by atoms with E-state index in [-0.39, 0.29) is 18.8 Å². The van der Waals surface area contributed by atoms with Gasteiger partial charge in [0, 0.05) is 5.56 Å². The summed E-state index contributed by atoms with van der Waals surface area (Å²) < 4.78 is 16.4. The van der Waals surface area contributed by atoms with Gasteiger partial charge in [-0.3, -0.25) is 4.79 Å². The molecule has 8 nitrogen and oxygen atoms in total. The Hall–Kier alpha value is -3.81. The van der Waals surface area contributed by atoms with Gasteiger partial charge in [0.15, 0.2) is 11.5 Å². The first-order chi connectivity index (χ1) is 15.4. The minimum atomic E-state index is -0.694. The molecule has 1 aliphatic rings. The van der Waals surface area contributed by atoms with Gasteiger partial charge in [-0.2, -0.15) is 0 Å². The molecule has 2 aromatic carbocycles. The Bertz CT molecular complexity index is 1080. The SMILES string of the molecule is CCOC(=O)C1=C(COc2ccc(C=O)cc2OC)NC(=O)NC1c1cc(C)ccc1C. The fourth-order valence-corrected chi connectivity index (χ4v) is 3.51. The number of esters is 1. The van der Waals surface area contributed by atoms with E-state index in [9.17, 15) is 14.4 Å². The van der Waals surface area contributed by atoms with Crippen molar-refractivity contribution in [1.29, 1.82) is 0 Å². The number of benzene rings is 2. The van der Waals surface area contributed by atoms with Crippen LogP contribution in [0.5, 0.6) is 11.5 Å². The Morgan fingerprint density at radius 1 is 1.12 bits per heavy atom. The average Bonchev–Trinajstić information content (AvgIpc) is 2.78. The molecule has 0 radical (unpaired) electrons. The number of aldehydes is 1. The van der Waals surface area contributed by atoms with Gasteiger partial charge in [0.05, 0.1) is 31.0 Å². The van der Waals surface area contributed by atoms with Crippen LogP contribution in [0.25, 0.3) is 0 Å². The predicted octanol–water partition coefficient (Wildman–Crippen LogP) is 3.37. The largest absolute Gasteiger partial charge is 0.493 e. The normalized spacial score (nSPS) is 15.5. The molecular formula is C24H26N2O6. The van der Waals surface area contributed by atoms with Gasteiger partial charge < -0.3 is 24.8 Å². The van der Waals surface area contributed by atoms with E-state index in [0.29, 0.717) is 29.0 Å². The van der Waals surface area contributed by atoms with Gasteiger partial charge in [0.2, 0.25) is 0 Å². The first-order valence-corrected chi connectivity index (χ1v) is 10.2. The van der Waals surface area contributed by atoms with E-state index in [0.717, 1.165) is 16.7 Å². The number of ether oxygens (including phenoxy) is 3. The van der Waals surface area contributed by atoms with E-state index in [1.807, 2.05) is 32.0 Å². The van der Waals surface area contributed by atoms with Crippen LogP contribution in [0.15, 0.2) is 47.7 Å². The van der Waals surface area contributed by atoms with Crippen molar-refractivity contribution in [2.45, 2.75) is 26.8 Å². The minimum absolute atomic E-state index is 0.111. The maximum atomic E-state index is 12.9. The topological polar surface area (TPSA) is 103 Å². The highest BCUT2D eigenvalue weighted by Gasteiger charge is 2.34. The number of amides is 2. The van der Waals surface area contributed by atoms with Gasteiger partial charge >= 0.3 is 12.0 Å². The maximum Gasteiger partial charge on any atom is 0.338 e. The third-order valence-corrected chi connectivity index (χ3v) is 5.09. The van der Waals surface area contributed by atoms with Crippen LogP contribution in [0.2, 0.25) is 0 Å². The lowest BCUT2D eigenvalue weighted by molar-refractivity contribution is -0.139. The fourth-order valence-electron chi connectivity index (χ4n) is 3.51. The van der Waals surface area contributed by atoms with Gasteiger partial charge in [-0.1, -0.05) is 23.8 Å². The van der Waals surface area contributed by atoms with Crippen LogP contribution in [-0.4, -0.2) is 38.6 Å². The van der Waals surface area contributed by atoms with E-state index in [4.69, 9.17) is 14.2 Å². The number of carbonyl (C=O) groups is 3. The van der Waals surface area contributed by atoms with E-state index < -0.39 is 18.0 Å². The lowest BCUT2D eigenvalue weighted by atomic mass is 9.91. The molecule has 2 aromatic rings. The smallest absolute Gasteiger partial charge is 0.338 e. The summed E-state index contributed by atoms with van der Waals surface area (Å²) in [6.07, 6.45) is 0.704. The number of methoxy groups -OCH3 is 1. The summed E-state index contributed by atoms with van der Waals surface area (Å²) in [5.41, 5.74) is 3.72. The molecule has 0 aromatic heterocycles. The van der Waals surface area contributed by atoms with Crippen molar-refractivity contribution < 1.29 is 28.6 Å². The van der Waals surface area contributed by atoms with E-state index in [1.165, 1.54) is 7.11 Å². The summed E-state index contributed by atoms with van der Waals surface area (Å²) in [6, 6.07) is 9.43. The van der Waals surface area contributed by atoms with Crippen LogP contribution in [-0.2, 0) is 9.53 Å². The lowest BCUT2D eigenvalue weighted by Gasteiger charge is -2.30. The second-order valence-electron chi connectivity index (χ2n) is 7.32. The number of hydrogen-bond donors (Lipinski definition) is 2. The van der Waals surface area contributed by atoms with Crippen molar-refractivity contribution in [1.82, 2.24) is 10.6 Å².